The van der Waals surface area contributed by atoms with Crippen molar-refractivity contribution in [2.75, 3.05) is 5.32 Å². The van der Waals surface area contributed by atoms with Gasteiger partial charge in [0, 0.05) is 5.69 Å². The largest absolute Gasteiger partial charge is 0.321 e. The molecule has 0 fully saturated rings. The standard InChI is InChI=1S/C13H13NOS/c1-2-10-8-9-16-12(10)13(15)14-11-6-4-3-5-7-11/h3-9H,2H2,1H3,(H,14,15). The molecule has 16 heavy (non-hydrogen) atoms. The second-order valence-corrected chi connectivity index (χ2v) is 4.36. The van der Waals surface area contributed by atoms with Crippen molar-refractivity contribution in [3.05, 3.63) is 52.2 Å². The zero-order chi connectivity index (χ0) is 11.4. The van der Waals surface area contributed by atoms with Crippen molar-refractivity contribution in [2.24, 2.45) is 0 Å². The normalized spacial score (nSPS) is 10.1. The van der Waals surface area contributed by atoms with Crippen molar-refractivity contribution >= 4 is 22.9 Å². The third-order valence-corrected chi connectivity index (χ3v) is 3.32. The Morgan fingerprint density at radius 3 is 2.69 bits per heavy atom. The minimum atomic E-state index is -0.0157. The first-order chi connectivity index (χ1) is 7.81. The molecule has 0 aliphatic rings. The van der Waals surface area contributed by atoms with E-state index < -0.39 is 0 Å². The third kappa shape index (κ3) is 2.31. The van der Waals surface area contributed by atoms with Crippen LogP contribution in [0.25, 0.3) is 0 Å². The van der Waals surface area contributed by atoms with Gasteiger partial charge in [-0.3, -0.25) is 4.79 Å². The Labute approximate surface area is 98.9 Å². The highest BCUT2D eigenvalue weighted by Crippen LogP contribution is 2.19. The molecule has 1 heterocycles. The summed E-state index contributed by atoms with van der Waals surface area (Å²) in [7, 11) is 0. The summed E-state index contributed by atoms with van der Waals surface area (Å²) in [6, 6.07) is 11.5. The van der Waals surface area contributed by atoms with E-state index in [1.807, 2.05) is 41.8 Å². The van der Waals surface area contributed by atoms with E-state index in [0.29, 0.717) is 0 Å². The SMILES string of the molecule is CCc1ccsc1C(=O)Nc1ccccc1. The average Bonchev–Trinajstić information content (AvgIpc) is 2.78. The summed E-state index contributed by atoms with van der Waals surface area (Å²) in [5.41, 5.74) is 1.95. The topological polar surface area (TPSA) is 29.1 Å². The minimum absolute atomic E-state index is 0.0157. The lowest BCUT2D eigenvalue weighted by Gasteiger charge is -2.04. The van der Waals surface area contributed by atoms with Crippen molar-refractivity contribution < 1.29 is 4.79 Å². The van der Waals surface area contributed by atoms with E-state index in [2.05, 4.69) is 12.2 Å². The van der Waals surface area contributed by atoms with Gasteiger partial charge in [0.2, 0.25) is 0 Å². The van der Waals surface area contributed by atoms with E-state index >= 15 is 0 Å². The molecule has 2 aromatic rings. The van der Waals surface area contributed by atoms with E-state index in [1.165, 1.54) is 11.3 Å². The number of carbonyl (C=O) groups is 1. The zero-order valence-corrected chi connectivity index (χ0v) is 9.88. The predicted molar refractivity (Wildman–Crippen MR) is 68.1 cm³/mol. The molecule has 2 rings (SSSR count). The molecule has 1 aromatic carbocycles. The lowest BCUT2D eigenvalue weighted by molar-refractivity contribution is 0.103. The van der Waals surface area contributed by atoms with E-state index in [-0.39, 0.29) is 5.91 Å². The predicted octanol–water partition coefficient (Wildman–Crippen LogP) is 3.56. The highest BCUT2D eigenvalue weighted by molar-refractivity contribution is 7.12. The number of amides is 1. The van der Waals surface area contributed by atoms with Gasteiger partial charge in [-0.15, -0.1) is 11.3 Å². The van der Waals surface area contributed by atoms with Gasteiger partial charge in [-0.2, -0.15) is 0 Å². The molecule has 0 saturated carbocycles. The lowest BCUT2D eigenvalue weighted by atomic mass is 10.2. The van der Waals surface area contributed by atoms with Crippen LogP contribution in [0.3, 0.4) is 0 Å². The molecule has 0 bridgehead atoms. The zero-order valence-electron chi connectivity index (χ0n) is 9.07. The highest BCUT2D eigenvalue weighted by Gasteiger charge is 2.11. The molecule has 0 aliphatic heterocycles. The van der Waals surface area contributed by atoms with Crippen molar-refractivity contribution in [1.82, 2.24) is 0 Å². The molecule has 82 valence electrons. The maximum atomic E-state index is 12.0. The number of aryl methyl sites for hydroxylation is 1. The molecule has 0 radical (unpaired) electrons. The van der Waals surface area contributed by atoms with Crippen LogP contribution in [0.1, 0.15) is 22.2 Å². The van der Waals surface area contributed by atoms with Crippen LogP contribution in [-0.2, 0) is 6.42 Å². The number of carbonyl (C=O) groups excluding carboxylic acids is 1. The van der Waals surface area contributed by atoms with Crippen LogP contribution in [0.5, 0.6) is 0 Å². The summed E-state index contributed by atoms with van der Waals surface area (Å²) in [6.45, 7) is 2.06. The number of nitrogens with one attached hydrogen (secondary N) is 1. The molecule has 0 aliphatic carbocycles. The van der Waals surface area contributed by atoms with E-state index in [9.17, 15) is 4.79 Å². The fourth-order valence-corrected chi connectivity index (χ4v) is 2.41. The molecule has 1 aromatic heterocycles. The number of para-hydroxylation sites is 1. The Hall–Kier alpha value is -1.61. The van der Waals surface area contributed by atoms with Crippen molar-refractivity contribution in [3.63, 3.8) is 0 Å². The quantitative estimate of drug-likeness (QED) is 0.859. The van der Waals surface area contributed by atoms with Crippen LogP contribution in [0, 0.1) is 0 Å². The molecule has 1 amide bonds. The number of anilines is 1. The fourth-order valence-electron chi connectivity index (χ4n) is 1.52. The van der Waals surface area contributed by atoms with Crippen LogP contribution in [0.15, 0.2) is 41.8 Å². The number of hydrogen-bond acceptors (Lipinski definition) is 2. The van der Waals surface area contributed by atoms with Gasteiger partial charge < -0.3 is 5.32 Å². The molecule has 0 saturated heterocycles. The smallest absolute Gasteiger partial charge is 0.266 e. The van der Waals surface area contributed by atoms with Gasteiger partial charge in [-0.05, 0) is 35.6 Å². The maximum absolute atomic E-state index is 12.0. The summed E-state index contributed by atoms with van der Waals surface area (Å²) in [5.74, 6) is -0.0157. The molecule has 2 nitrogen and oxygen atoms in total. The highest BCUT2D eigenvalue weighted by atomic mass is 32.1. The summed E-state index contributed by atoms with van der Waals surface area (Å²) in [5, 5.41) is 4.85. The van der Waals surface area contributed by atoms with E-state index in [4.69, 9.17) is 0 Å². The number of thiophene rings is 1. The van der Waals surface area contributed by atoms with Crippen molar-refractivity contribution in [2.45, 2.75) is 13.3 Å². The number of benzene rings is 1. The van der Waals surface area contributed by atoms with Gasteiger partial charge in [-0.25, -0.2) is 0 Å². The molecule has 0 spiro atoms. The van der Waals surface area contributed by atoms with Gasteiger partial charge in [0.05, 0.1) is 4.88 Å². The maximum Gasteiger partial charge on any atom is 0.266 e. The Morgan fingerprint density at radius 2 is 2.00 bits per heavy atom. The Kier molecular flexibility index (Phi) is 3.37. The van der Waals surface area contributed by atoms with Crippen LogP contribution in [0.4, 0.5) is 5.69 Å². The molecule has 3 heteroatoms. The first-order valence-electron chi connectivity index (χ1n) is 5.24. The van der Waals surface area contributed by atoms with Crippen molar-refractivity contribution in [1.29, 1.82) is 0 Å². The van der Waals surface area contributed by atoms with E-state index in [0.717, 1.165) is 22.5 Å². The van der Waals surface area contributed by atoms with Crippen LogP contribution >= 0.6 is 11.3 Å². The molecule has 1 N–H and O–H groups in total. The molecule has 0 atom stereocenters. The Bertz CT molecular complexity index is 476. The van der Waals surface area contributed by atoms with Gasteiger partial charge in [-0.1, -0.05) is 25.1 Å². The van der Waals surface area contributed by atoms with Crippen LogP contribution < -0.4 is 5.32 Å². The Balaban J connectivity index is 2.15. The van der Waals surface area contributed by atoms with Gasteiger partial charge in [0.1, 0.15) is 0 Å². The molecule has 0 unspecified atom stereocenters. The first kappa shape index (κ1) is 10.9. The average molecular weight is 231 g/mol. The van der Waals surface area contributed by atoms with Crippen molar-refractivity contribution in [3.8, 4) is 0 Å². The summed E-state index contributed by atoms with van der Waals surface area (Å²) >= 11 is 1.49. The summed E-state index contributed by atoms with van der Waals surface area (Å²) < 4.78 is 0. The van der Waals surface area contributed by atoms with Gasteiger partial charge in [0.25, 0.3) is 5.91 Å². The number of hydrogen-bond donors (Lipinski definition) is 1. The second kappa shape index (κ2) is 4.94. The first-order valence-corrected chi connectivity index (χ1v) is 6.12. The van der Waals surface area contributed by atoms with Gasteiger partial charge in [0.15, 0.2) is 0 Å². The molecular formula is C13H13NOS. The molecular weight excluding hydrogens is 218 g/mol. The third-order valence-electron chi connectivity index (χ3n) is 2.37. The monoisotopic (exact) mass is 231 g/mol. The lowest BCUT2D eigenvalue weighted by Crippen LogP contribution is -2.11. The van der Waals surface area contributed by atoms with Crippen LogP contribution in [-0.4, -0.2) is 5.91 Å². The fraction of sp³-hybridized carbons (Fsp3) is 0.154. The number of rotatable bonds is 3. The Morgan fingerprint density at radius 1 is 1.25 bits per heavy atom. The summed E-state index contributed by atoms with van der Waals surface area (Å²) in [6.07, 6.45) is 0.890. The minimum Gasteiger partial charge on any atom is -0.321 e. The van der Waals surface area contributed by atoms with Crippen LogP contribution in [0.2, 0.25) is 0 Å². The van der Waals surface area contributed by atoms with E-state index in [1.54, 1.807) is 0 Å². The second-order valence-electron chi connectivity index (χ2n) is 3.45. The van der Waals surface area contributed by atoms with Gasteiger partial charge >= 0.3 is 0 Å². The summed E-state index contributed by atoms with van der Waals surface area (Å²) in [4.78, 5) is 12.8.